The lowest BCUT2D eigenvalue weighted by Gasteiger charge is -2.23. The van der Waals surface area contributed by atoms with Gasteiger partial charge in [0, 0.05) is 51.6 Å². The predicted octanol–water partition coefficient (Wildman–Crippen LogP) is 3.49. The Labute approximate surface area is 248 Å². The third-order valence-corrected chi connectivity index (χ3v) is 8.26. The standard InChI is InChI=1S/C33H34N4O6/c1-7-20-16(3)26-13-24-17(4)22(9-11-30(38)39)27(34-24)15-28-23(10-12-31(40)41)18(5)25(35-28)14-29-21(8-2)19(6)33(42,37-29)43-32(20)36-26/h7-8,13-15,34-35,42H,1-2,9-12H2,3-6H3,(H,38,39)(H,40,41)/b25-14?,26-13?,28-15-. The van der Waals surface area contributed by atoms with E-state index < -0.39 is 17.8 Å². The van der Waals surface area contributed by atoms with Crippen LogP contribution in [-0.2, 0) is 27.2 Å². The Kier molecular flexibility index (Phi) is 7.58. The number of nitrogens with zero attached hydrogens (tertiary/aromatic N) is 2. The number of nitrogens with one attached hydrogen (secondary N) is 2. The largest absolute Gasteiger partial charge is 0.481 e. The van der Waals surface area contributed by atoms with Crippen molar-refractivity contribution >= 4 is 41.8 Å². The summed E-state index contributed by atoms with van der Waals surface area (Å²) in [6.07, 6.45) is 9.17. The van der Waals surface area contributed by atoms with Crippen molar-refractivity contribution in [1.29, 1.82) is 0 Å². The van der Waals surface area contributed by atoms with Gasteiger partial charge in [-0.1, -0.05) is 25.3 Å². The molecule has 3 aliphatic rings. The number of ether oxygens (including phenoxy) is 1. The number of hydrogen-bond acceptors (Lipinski definition) is 6. The van der Waals surface area contributed by atoms with Crippen molar-refractivity contribution in [2.24, 2.45) is 9.98 Å². The van der Waals surface area contributed by atoms with Crippen molar-refractivity contribution in [3.8, 4) is 0 Å². The number of rotatable bonds is 8. The zero-order chi connectivity index (χ0) is 31.2. The lowest BCUT2D eigenvalue weighted by molar-refractivity contribution is -0.138. The first-order chi connectivity index (χ1) is 20.4. The Hall–Kier alpha value is -4.96. The number of aliphatic carboxylic acids is 2. The van der Waals surface area contributed by atoms with E-state index in [4.69, 9.17) is 9.73 Å². The number of aliphatic imine (C=N–C) groups is 2. The van der Waals surface area contributed by atoms with E-state index >= 15 is 0 Å². The highest BCUT2D eigenvalue weighted by Gasteiger charge is 2.41. The van der Waals surface area contributed by atoms with Crippen LogP contribution in [0.4, 0.5) is 0 Å². The first-order valence-corrected chi connectivity index (χ1v) is 13.9. The van der Waals surface area contributed by atoms with Gasteiger partial charge in [0.1, 0.15) is 0 Å². The van der Waals surface area contributed by atoms with E-state index in [-0.39, 0.29) is 31.6 Å². The fraction of sp³-hybridized carbons (Fsp3) is 0.273. The second-order valence-corrected chi connectivity index (χ2v) is 10.8. The molecular weight excluding hydrogens is 548 g/mol. The van der Waals surface area contributed by atoms with Gasteiger partial charge >= 0.3 is 17.8 Å². The Bertz CT molecular complexity index is 1890. The van der Waals surface area contributed by atoms with E-state index in [0.717, 1.165) is 33.5 Å². The summed E-state index contributed by atoms with van der Waals surface area (Å²) in [5, 5.41) is 31.9. The molecule has 3 aliphatic heterocycles. The summed E-state index contributed by atoms with van der Waals surface area (Å²) >= 11 is 0. The van der Waals surface area contributed by atoms with Crippen LogP contribution in [0.5, 0.6) is 0 Å². The van der Waals surface area contributed by atoms with Crippen molar-refractivity contribution < 1.29 is 29.6 Å². The van der Waals surface area contributed by atoms with Gasteiger partial charge in [-0.25, -0.2) is 9.98 Å². The first kappa shape index (κ1) is 29.5. The lowest BCUT2D eigenvalue weighted by atomic mass is 10.0. The van der Waals surface area contributed by atoms with Crippen LogP contribution in [0.2, 0.25) is 0 Å². The van der Waals surface area contributed by atoms with E-state index in [2.05, 4.69) is 28.1 Å². The average Bonchev–Trinajstić information content (AvgIpc) is 3.57. The molecule has 0 fully saturated rings. The van der Waals surface area contributed by atoms with E-state index in [0.29, 0.717) is 44.5 Å². The minimum absolute atomic E-state index is 0.0612. The van der Waals surface area contributed by atoms with Crippen molar-refractivity contribution in [2.75, 3.05) is 0 Å². The van der Waals surface area contributed by atoms with Gasteiger partial charge in [0.2, 0.25) is 5.90 Å². The molecule has 5 rings (SSSR count). The topological polar surface area (TPSA) is 160 Å². The Morgan fingerprint density at radius 3 is 2.16 bits per heavy atom. The summed E-state index contributed by atoms with van der Waals surface area (Å²) in [5.41, 5.74) is 8.20. The van der Waals surface area contributed by atoms with Crippen molar-refractivity contribution in [2.45, 2.75) is 59.3 Å². The van der Waals surface area contributed by atoms with E-state index in [1.54, 1.807) is 25.2 Å². The summed E-state index contributed by atoms with van der Waals surface area (Å²) in [6, 6.07) is 0. The number of carboxylic acid groups (broad SMARTS) is 2. The van der Waals surface area contributed by atoms with Crippen LogP contribution in [0.1, 0.15) is 60.3 Å². The molecule has 2 aromatic heterocycles. The fourth-order valence-corrected chi connectivity index (χ4v) is 5.71. The van der Waals surface area contributed by atoms with Gasteiger partial charge in [0.15, 0.2) is 0 Å². The van der Waals surface area contributed by atoms with Crippen LogP contribution >= 0.6 is 0 Å². The van der Waals surface area contributed by atoms with E-state index in [1.165, 1.54) is 0 Å². The number of aromatic amines is 2. The van der Waals surface area contributed by atoms with Crippen LogP contribution < -0.4 is 10.7 Å². The van der Waals surface area contributed by atoms with Gasteiger partial charge < -0.3 is 30.0 Å². The van der Waals surface area contributed by atoms with Crippen LogP contribution in [0, 0.1) is 13.8 Å². The molecule has 0 spiro atoms. The summed E-state index contributed by atoms with van der Waals surface area (Å²) < 4.78 is 6.12. The second kappa shape index (κ2) is 11.0. The van der Waals surface area contributed by atoms with Gasteiger partial charge in [-0.3, -0.25) is 9.59 Å². The number of hydrogen-bond donors (Lipinski definition) is 5. The van der Waals surface area contributed by atoms with Gasteiger partial charge in [0.05, 0.1) is 11.4 Å². The van der Waals surface area contributed by atoms with Crippen molar-refractivity contribution in [1.82, 2.24) is 9.97 Å². The maximum Gasteiger partial charge on any atom is 0.336 e. The number of aliphatic hydroxyl groups is 1. The quantitative estimate of drug-likeness (QED) is 0.320. The van der Waals surface area contributed by atoms with Gasteiger partial charge in [0.25, 0.3) is 0 Å². The van der Waals surface area contributed by atoms with E-state index in [1.807, 2.05) is 32.9 Å². The first-order valence-electron chi connectivity index (χ1n) is 13.9. The molecule has 43 heavy (non-hydrogen) atoms. The lowest BCUT2D eigenvalue weighted by Crippen LogP contribution is -2.33. The van der Waals surface area contributed by atoms with E-state index in [9.17, 15) is 24.9 Å². The zero-order valence-corrected chi connectivity index (χ0v) is 24.6. The van der Waals surface area contributed by atoms with Crippen LogP contribution in [-0.4, -0.2) is 54.7 Å². The Balaban J connectivity index is 1.86. The molecule has 1 unspecified atom stereocenters. The SMILES string of the molecule is C=CC1=C(C)C2=Cc3[nH]c(c(CCC(=O)O)c3C)/C=c3\[nH]c(c(C)c3CCC(=O)O)=CC3=NC(O)(OC1=N2)C(C)=C3C=C. The molecule has 5 heterocycles. The Morgan fingerprint density at radius 2 is 1.53 bits per heavy atom. The molecule has 10 heteroatoms. The second-order valence-electron chi connectivity index (χ2n) is 10.8. The summed E-state index contributed by atoms with van der Waals surface area (Å²) in [4.78, 5) is 39.2. The van der Waals surface area contributed by atoms with Gasteiger partial charge in [-0.05, 0) is 86.6 Å². The fourth-order valence-electron chi connectivity index (χ4n) is 5.71. The maximum absolute atomic E-state index is 11.7. The zero-order valence-electron chi connectivity index (χ0n) is 24.6. The molecular formula is C33H34N4O6. The summed E-state index contributed by atoms with van der Waals surface area (Å²) in [7, 11) is 0. The molecule has 1 atom stereocenters. The molecule has 8 bridgehead atoms. The van der Waals surface area contributed by atoms with Crippen LogP contribution in [0.25, 0.3) is 18.2 Å². The highest BCUT2D eigenvalue weighted by molar-refractivity contribution is 6.24. The predicted molar refractivity (Wildman–Crippen MR) is 165 cm³/mol. The van der Waals surface area contributed by atoms with Crippen LogP contribution in [0.3, 0.4) is 0 Å². The third kappa shape index (κ3) is 5.25. The minimum Gasteiger partial charge on any atom is -0.481 e. The highest BCUT2D eigenvalue weighted by atomic mass is 16.6. The number of fused-ring (bicyclic) bond motifs is 6. The number of carboxylic acids is 2. The molecule has 10 nitrogen and oxygen atoms in total. The number of aromatic nitrogens is 2. The molecule has 0 saturated heterocycles. The molecule has 0 aromatic carbocycles. The highest BCUT2D eigenvalue weighted by Crippen LogP contribution is 2.37. The third-order valence-electron chi connectivity index (χ3n) is 8.26. The molecule has 222 valence electrons. The average molecular weight is 583 g/mol. The molecule has 0 amide bonds. The number of H-pyrrole nitrogens is 2. The number of carbonyl (C=O) groups is 2. The molecule has 0 radical (unpaired) electrons. The summed E-state index contributed by atoms with van der Waals surface area (Å²) in [5.74, 6) is -3.71. The van der Waals surface area contributed by atoms with Crippen LogP contribution in [0.15, 0.2) is 63.3 Å². The smallest absolute Gasteiger partial charge is 0.336 e. The summed E-state index contributed by atoms with van der Waals surface area (Å²) in [6.45, 7) is 15.2. The van der Waals surface area contributed by atoms with Crippen molar-refractivity contribution in [3.05, 3.63) is 97.6 Å². The molecule has 0 saturated carbocycles. The minimum atomic E-state index is -2.05. The molecule has 2 aromatic rings. The van der Waals surface area contributed by atoms with Gasteiger partial charge in [-0.2, -0.15) is 0 Å². The van der Waals surface area contributed by atoms with Crippen molar-refractivity contribution in [3.63, 3.8) is 0 Å². The molecule has 0 aliphatic carbocycles. The van der Waals surface area contributed by atoms with Gasteiger partial charge in [-0.15, -0.1) is 0 Å². The maximum atomic E-state index is 11.7. The Morgan fingerprint density at radius 1 is 0.884 bits per heavy atom. The monoisotopic (exact) mass is 582 g/mol. The molecule has 5 N–H and O–H groups in total. The number of allylic oxidation sites excluding steroid dienone is 3. The normalized spacial score (nSPS) is 20.0.